The van der Waals surface area contributed by atoms with Crippen molar-refractivity contribution >= 4 is 27.6 Å². The van der Waals surface area contributed by atoms with Crippen LogP contribution in [0.5, 0.6) is 0 Å². The Morgan fingerprint density at radius 1 is 1.12 bits per heavy atom. The summed E-state index contributed by atoms with van der Waals surface area (Å²) >= 11 is 0. The number of hydrogen-bond donors (Lipinski definition) is 2. The summed E-state index contributed by atoms with van der Waals surface area (Å²) in [7, 11) is 0. The van der Waals surface area contributed by atoms with Gasteiger partial charge in [0.05, 0.1) is 0 Å². The van der Waals surface area contributed by atoms with Crippen LogP contribution in [0.2, 0.25) is 0 Å². The lowest BCUT2D eigenvalue weighted by Gasteiger charge is -2.32. The molecule has 5 rings (SSSR count). The van der Waals surface area contributed by atoms with Crippen molar-refractivity contribution in [1.29, 1.82) is 0 Å². The first-order valence-electron chi connectivity index (χ1n) is 11.3. The molecule has 164 valence electrons. The summed E-state index contributed by atoms with van der Waals surface area (Å²) in [6.07, 6.45) is 6.59. The number of aromatic nitrogens is 2. The third kappa shape index (κ3) is 4.10. The number of fused-ring (bicyclic) bond motifs is 2. The Kier molecular flexibility index (Phi) is 5.86. The summed E-state index contributed by atoms with van der Waals surface area (Å²) in [5.74, 6) is 0.119. The fourth-order valence-corrected chi connectivity index (χ4v) is 4.84. The highest BCUT2D eigenvalue weighted by atomic mass is 19.1. The van der Waals surface area contributed by atoms with Gasteiger partial charge in [0.1, 0.15) is 11.5 Å². The van der Waals surface area contributed by atoms with Crippen molar-refractivity contribution in [3.05, 3.63) is 78.0 Å². The van der Waals surface area contributed by atoms with Crippen LogP contribution in [-0.2, 0) is 0 Å². The molecule has 0 radical (unpaired) electrons. The standard InChI is InChI=1S/C26H27FN4O/c27-22-7-3-8-23-24(22)21(17-30-23)19-10-15-31(16-11-19)14-4-12-29-26(32)25-20-6-2-1-5-18(20)9-13-28-25/h1-3,5-9,13,17,19,30H,4,10-12,14-16H2,(H,29,32). The number of pyridine rings is 1. The molecule has 0 spiro atoms. The van der Waals surface area contributed by atoms with Crippen molar-refractivity contribution in [2.75, 3.05) is 26.2 Å². The molecule has 4 aromatic rings. The van der Waals surface area contributed by atoms with Gasteiger partial charge < -0.3 is 15.2 Å². The summed E-state index contributed by atoms with van der Waals surface area (Å²) in [4.78, 5) is 22.5. The van der Waals surface area contributed by atoms with Crippen molar-refractivity contribution in [2.24, 2.45) is 0 Å². The van der Waals surface area contributed by atoms with Crippen LogP contribution in [0.15, 0.2) is 60.9 Å². The zero-order chi connectivity index (χ0) is 21.9. The van der Waals surface area contributed by atoms with E-state index < -0.39 is 0 Å². The van der Waals surface area contributed by atoms with Crippen molar-refractivity contribution in [3.63, 3.8) is 0 Å². The number of amides is 1. The first kappa shape index (κ1) is 20.6. The molecule has 0 bridgehead atoms. The lowest BCUT2D eigenvalue weighted by molar-refractivity contribution is 0.0948. The van der Waals surface area contributed by atoms with Gasteiger partial charge in [-0.3, -0.25) is 9.78 Å². The third-order valence-electron chi connectivity index (χ3n) is 6.54. The smallest absolute Gasteiger partial charge is 0.270 e. The number of aromatic amines is 1. The highest BCUT2D eigenvalue weighted by Gasteiger charge is 2.23. The number of nitrogens with one attached hydrogen (secondary N) is 2. The van der Waals surface area contributed by atoms with Gasteiger partial charge in [0.15, 0.2) is 0 Å². The number of nitrogens with zero attached hydrogens (tertiary/aromatic N) is 2. The zero-order valence-corrected chi connectivity index (χ0v) is 18.0. The molecule has 3 heterocycles. The van der Waals surface area contributed by atoms with Gasteiger partial charge in [0.2, 0.25) is 0 Å². The molecule has 1 fully saturated rings. The Balaban J connectivity index is 1.10. The summed E-state index contributed by atoms with van der Waals surface area (Å²) in [5.41, 5.74) is 2.46. The zero-order valence-electron chi connectivity index (χ0n) is 18.0. The van der Waals surface area contributed by atoms with Crippen LogP contribution in [0.1, 0.15) is 41.2 Å². The average molecular weight is 431 g/mol. The van der Waals surface area contributed by atoms with Crippen LogP contribution in [0, 0.1) is 5.82 Å². The van der Waals surface area contributed by atoms with Crippen molar-refractivity contribution in [2.45, 2.75) is 25.2 Å². The third-order valence-corrected chi connectivity index (χ3v) is 6.54. The van der Waals surface area contributed by atoms with Gasteiger partial charge in [0.25, 0.3) is 5.91 Å². The predicted molar refractivity (Wildman–Crippen MR) is 125 cm³/mol. The van der Waals surface area contributed by atoms with E-state index >= 15 is 0 Å². The fourth-order valence-electron chi connectivity index (χ4n) is 4.84. The van der Waals surface area contributed by atoms with E-state index in [1.165, 1.54) is 6.07 Å². The topological polar surface area (TPSA) is 61.0 Å². The first-order chi connectivity index (χ1) is 15.7. The molecule has 0 unspecified atom stereocenters. The second kappa shape index (κ2) is 9.09. The molecule has 1 amide bonds. The number of carbonyl (C=O) groups is 1. The highest BCUT2D eigenvalue weighted by molar-refractivity contribution is 6.05. The Morgan fingerprint density at radius 3 is 2.84 bits per heavy atom. The summed E-state index contributed by atoms with van der Waals surface area (Å²) in [5, 5.41) is 5.66. The van der Waals surface area contributed by atoms with Crippen LogP contribution in [-0.4, -0.2) is 47.0 Å². The lowest BCUT2D eigenvalue weighted by Crippen LogP contribution is -2.35. The van der Waals surface area contributed by atoms with Gasteiger partial charge in [-0.15, -0.1) is 0 Å². The lowest BCUT2D eigenvalue weighted by atomic mass is 9.89. The quantitative estimate of drug-likeness (QED) is 0.430. The molecule has 1 saturated heterocycles. The molecule has 32 heavy (non-hydrogen) atoms. The minimum atomic E-state index is -0.141. The molecule has 1 aliphatic rings. The molecule has 6 heteroatoms. The molecule has 2 aromatic carbocycles. The van der Waals surface area contributed by atoms with Crippen LogP contribution in [0.4, 0.5) is 4.39 Å². The fraction of sp³-hybridized carbons (Fsp3) is 0.308. The normalized spacial score (nSPS) is 15.4. The number of likely N-dealkylation sites (tertiary alicyclic amines) is 1. The summed E-state index contributed by atoms with van der Waals surface area (Å²) < 4.78 is 14.3. The van der Waals surface area contributed by atoms with Crippen LogP contribution in [0.3, 0.4) is 0 Å². The second-order valence-electron chi connectivity index (χ2n) is 8.51. The summed E-state index contributed by atoms with van der Waals surface area (Å²) in [6, 6.07) is 14.9. The van der Waals surface area contributed by atoms with Crippen LogP contribution in [0.25, 0.3) is 21.7 Å². The van der Waals surface area contributed by atoms with Gasteiger partial charge in [-0.25, -0.2) is 4.39 Å². The molecule has 5 nitrogen and oxygen atoms in total. The number of piperidine rings is 1. The monoisotopic (exact) mass is 430 g/mol. The van der Waals surface area contributed by atoms with Crippen molar-refractivity contribution < 1.29 is 9.18 Å². The van der Waals surface area contributed by atoms with E-state index in [-0.39, 0.29) is 11.7 Å². The van der Waals surface area contributed by atoms with Gasteiger partial charge in [-0.1, -0.05) is 30.3 Å². The van der Waals surface area contributed by atoms with Crippen molar-refractivity contribution in [1.82, 2.24) is 20.2 Å². The van der Waals surface area contributed by atoms with Gasteiger partial charge in [-0.05, 0) is 74.0 Å². The number of carbonyl (C=O) groups excluding carboxylic acids is 1. The van der Waals surface area contributed by atoms with Gasteiger partial charge in [0, 0.05) is 35.2 Å². The van der Waals surface area contributed by atoms with E-state index in [0.29, 0.717) is 18.2 Å². The Labute approximate surface area is 186 Å². The van der Waals surface area contributed by atoms with E-state index in [2.05, 4.69) is 20.2 Å². The van der Waals surface area contributed by atoms with E-state index in [4.69, 9.17) is 0 Å². The maximum absolute atomic E-state index is 14.3. The molecule has 2 N–H and O–H groups in total. The maximum atomic E-state index is 14.3. The minimum Gasteiger partial charge on any atom is -0.361 e. The summed E-state index contributed by atoms with van der Waals surface area (Å²) in [6.45, 7) is 3.55. The van der Waals surface area contributed by atoms with Crippen LogP contribution < -0.4 is 5.32 Å². The molecule has 0 atom stereocenters. The number of benzene rings is 2. The highest BCUT2D eigenvalue weighted by Crippen LogP contribution is 2.34. The van der Waals surface area contributed by atoms with Gasteiger partial charge in [-0.2, -0.15) is 0 Å². The Hall–Kier alpha value is -3.25. The number of rotatable bonds is 6. The number of halogens is 1. The van der Waals surface area contributed by atoms with Crippen molar-refractivity contribution in [3.8, 4) is 0 Å². The molecule has 0 aliphatic carbocycles. The molecule has 0 saturated carbocycles. The van der Waals surface area contributed by atoms with Gasteiger partial charge >= 0.3 is 0 Å². The average Bonchev–Trinajstić information content (AvgIpc) is 3.27. The first-order valence-corrected chi connectivity index (χ1v) is 11.3. The van der Waals surface area contributed by atoms with Crippen LogP contribution >= 0.6 is 0 Å². The predicted octanol–water partition coefficient (Wildman–Crippen LogP) is 4.85. The van der Waals surface area contributed by atoms with E-state index in [1.54, 1.807) is 12.3 Å². The maximum Gasteiger partial charge on any atom is 0.270 e. The molecular weight excluding hydrogens is 403 g/mol. The second-order valence-corrected chi connectivity index (χ2v) is 8.51. The largest absolute Gasteiger partial charge is 0.361 e. The van der Waals surface area contributed by atoms with E-state index in [0.717, 1.165) is 66.1 Å². The molecule has 1 aliphatic heterocycles. The Bertz CT molecular complexity index is 1240. The number of hydrogen-bond acceptors (Lipinski definition) is 3. The SMILES string of the molecule is O=C(NCCCN1CCC(c2c[nH]c3cccc(F)c23)CC1)c1nccc2ccccc12. The molecule has 2 aromatic heterocycles. The minimum absolute atomic E-state index is 0.123. The Morgan fingerprint density at radius 2 is 1.97 bits per heavy atom. The molecular formula is C26H27FN4O. The number of H-pyrrole nitrogens is 1. The van der Waals surface area contributed by atoms with E-state index in [1.807, 2.05) is 42.6 Å². The van der Waals surface area contributed by atoms with E-state index in [9.17, 15) is 9.18 Å².